The summed E-state index contributed by atoms with van der Waals surface area (Å²) in [5.41, 5.74) is -0.830. The molecule has 1 aromatic rings. The maximum absolute atomic E-state index is 11.6. The predicted molar refractivity (Wildman–Crippen MR) is 112 cm³/mol. The van der Waals surface area contributed by atoms with Crippen molar-refractivity contribution in [1.82, 2.24) is 20.9 Å². The molecule has 2 saturated heterocycles. The van der Waals surface area contributed by atoms with Crippen molar-refractivity contribution >= 4 is 0 Å². The fraction of sp³-hybridized carbons (Fsp3) is 0.762. The van der Waals surface area contributed by atoms with Crippen molar-refractivity contribution in [3.05, 3.63) is 30.1 Å². The van der Waals surface area contributed by atoms with E-state index >= 15 is 0 Å². The molecule has 3 aliphatic rings. The number of nitrogens with zero attached hydrogens (tertiary/aromatic N) is 1. The number of aliphatic hydroxyl groups excluding tert-OH is 2. The number of pyridine rings is 1. The van der Waals surface area contributed by atoms with Crippen molar-refractivity contribution in [1.29, 1.82) is 0 Å². The number of hydrogen-bond acceptors (Lipinski definition) is 11. The monoisotopic (exact) mass is 454 g/mol. The molecule has 0 radical (unpaired) electrons. The van der Waals surface area contributed by atoms with Gasteiger partial charge in [-0.25, -0.2) is 0 Å². The molecule has 3 fully saturated rings. The van der Waals surface area contributed by atoms with Crippen LogP contribution in [0, 0.1) is 0 Å². The van der Waals surface area contributed by atoms with Gasteiger partial charge in [0, 0.05) is 31.9 Å². The van der Waals surface area contributed by atoms with Crippen molar-refractivity contribution in [2.24, 2.45) is 0 Å². The third-order valence-corrected chi connectivity index (χ3v) is 6.82. The van der Waals surface area contributed by atoms with Crippen molar-refractivity contribution in [2.45, 2.75) is 80.2 Å². The van der Waals surface area contributed by atoms with Crippen LogP contribution >= 0.6 is 0 Å². The topological polar surface area (TPSA) is 158 Å². The second kappa shape index (κ2) is 9.18. The van der Waals surface area contributed by atoms with E-state index in [9.17, 15) is 20.4 Å². The lowest BCUT2D eigenvalue weighted by Crippen LogP contribution is -2.81. The summed E-state index contributed by atoms with van der Waals surface area (Å²) in [6, 6.07) is 2.38. The molecule has 32 heavy (non-hydrogen) atoms. The summed E-state index contributed by atoms with van der Waals surface area (Å²) in [7, 11) is 3.28. The molecule has 11 nitrogen and oxygen atoms in total. The Kier molecular flexibility index (Phi) is 6.86. The average Bonchev–Trinajstić information content (AvgIpc) is 2.75. The van der Waals surface area contributed by atoms with Crippen LogP contribution in [0.4, 0.5) is 0 Å². The zero-order valence-corrected chi connectivity index (χ0v) is 18.5. The third-order valence-electron chi connectivity index (χ3n) is 6.82. The van der Waals surface area contributed by atoms with Gasteiger partial charge in [-0.05, 0) is 32.6 Å². The molecule has 180 valence electrons. The molecular formula is C21H34N4O7. The van der Waals surface area contributed by atoms with Gasteiger partial charge < -0.3 is 50.6 Å². The van der Waals surface area contributed by atoms with Crippen LogP contribution in [0.1, 0.15) is 18.9 Å². The maximum atomic E-state index is 11.6. The first-order chi connectivity index (χ1) is 15.2. The van der Waals surface area contributed by atoms with E-state index in [-0.39, 0.29) is 13.0 Å². The summed E-state index contributed by atoms with van der Waals surface area (Å²) in [4.78, 5) is 4.07. The minimum Gasteiger partial charge on any atom is -0.390 e. The molecular weight excluding hydrogens is 420 g/mol. The van der Waals surface area contributed by atoms with Gasteiger partial charge in [0.25, 0.3) is 0 Å². The molecule has 7 N–H and O–H groups in total. The third kappa shape index (κ3) is 3.96. The van der Waals surface area contributed by atoms with E-state index in [0.29, 0.717) is 6.54 Å². The van der Waals surface area contributed by atoms with Gasteiger partial charge in [0.1, 0.15) is 23.9 Å². The van der Waals surface area contributed by atoms with Crippen molar-refractivity contribution < 1.29 is 34.6 Å². The number of ether oxygens (including phenoxy) is 3. The molecule has 11 heteroatoms. The SMILES string of the molecule is CN[C@@H]1[C@H](O)[C@H](NC)[C@H]2OC3(O)C(O[C@@H]2[C@H]1O)O[C@H](C)C[C@@]3(O)CNCc1cccnc1. The van der Waals surface area contributed by atoms with Gasteiger partial charge in [-0.1, -0.05) is 6.07 Å². The van der Waals surface area contributed by atoms with Crippen LogP contribution in [0.2, 0.25) is 0 Å². The van der Waals surface area contributed by atoms with E-state index in [2.05, 4.69) is 20.9 Å². The Hall–Kier alpha value is -1.25. The smallest absolute Gasteiger partial charge is 0.249 e. The molecule has 0 amide bonds. The normalized spacial score (nSPS) is 46.3. The maximum Gasteiger partial charge on any atom is 0.249 e. The van der Waals surface area contributed by atoms with E-state index in [1.165, 1.54) is 0 Å². The van der Waals surface area contributed by atoms with Gasteiger partial charge >= 0.3 is 0 Å². The quantitative estimate of drug-likeness (QED) is 0.242. The molecule has 1 saturated carbocycles. The van der Waals surface area contributed by atoms with Gasteiger partial charge in [-0.2, -0.15) is 0 Å². The summed E-state index contributed by atoms with van der Waals surface area (Å²) in [6.07, 6.45) is -2.24. The molecule has 0 spiro atoms. The lowest BCUT2D eigenvalue weighted by atomic mass is 9.77. The number of likely N-dealkylation sites (N-methyl/N-ethyl adjacent to an activating group) is 2. The van der Waals surface area contributed by atoms with Crippen molar-refractivity contribution in [2.75, 3.05) is 20.6 Å². The predicted octanol–water partition coefficient (Wildman–Crippen LogP) is -2.58. The standard InChI is InChI=1S/C21H34N4O7/c1-11-7-20(28,10-25-9-12-5-4-6-24-8-12)21(29)19(30-11)31-18-16(27)13(22-2)15(26)14(23-3)17(18)32-21/h4-6,8,11,13-19,22-23,25-29H,7,9-10H2,1-3H3/t11-,13-,14+,15+,16+,17-,18-,19?,20-,21?/m1/s1. The Morgan fingerprint density at radius 2 is 1.84 bits per heavy atom. The number of rotatable bonds is 6. The van der Waals surface area contributed by atoms with Crippen LogP contribution in [0.25, 0.3) is 0 Å². The lowest BCUT2D eigenvalue weighted by Gasteiger charge is -2.60. The molecule has 0 aromatic carbocycles. The van der Waals surface area contributed by atoms with E-state index in [1.54, 1.807) is 33.4 Å². The molecule has 1 aliphatic carbocycles. The number of aliphatic hydroxyl groups is 4. The van der Waals surface area contributed by atoms with Crippen LogP contribution in [-0.2, 0) is 20.8 Å². The number of aromatic nitrogens is 1. The Morgan fingerprint density at radius 3 is 2.50 bits per heavy atom. The van der Waals surface area contributed by atoms with Gasteiger partial charge in [-0.3, -0.25) is 4.98 Å². The highest BCUT2D eigenvalue weighted by Crippen LogP contribution is 2.46. The molecule has 1 aromatic heterocycles. The fourth-order valence-electron chi connectivity index (χ4n) is 5.14. The van der Waals surface area contributed by atoms with E-state index in [0.717, 1.165) is 5.56 Å². The minimum absolute atomic E-state index is 0.00217. The minimum atomic E-state index is -2.22. The first-order valence-electron chi connectivity index (χ1n) is 11.0. The number of nitrogens with one attached hydrogen (secondary N) is 3. The second-order valence-corrected chi connectivity index (χ2v) is 8.97. The first kappa shape index (κ1) is 23.9. The van der Waals surface area contributed by atoms with Gasteiger partial charge in [0.05, 0.1) is 24.3 Å². The van der Waals surface area contributed by atoms with Crippen LogP contribution in [-0.4, -0.2) is 106 Å². The molecule has 2 aliphatic heterocycles. The Bertz CT molecular complexity index is 776. The largest absolute Gasteiger partial charge is 0.390 e. The van der Waals surface area contributed by atoms with Gasteiger partial charge in [0.15, 0.2) is 0 Å². The lowest BCUT2D eigenvalue weighted by molar-refractivity contribution is -0.482. The molecule has 0 bridgehead atoms. The van der Waals surface area contributed by atoms with Crippen molar-refractivity contribution in [3.8, 4) is 0 Å². The molecule has 3 heterocycles. The highest BCUT2D eigenvalue weighted by Gasteiger charge is 2.68. The number of fused-ring (bicyclic) bond motifs is 2. The summed E-state index contributed by atoms with van der Waals surface area (Å²) in [5, 5.41) is 53.8. The van der Waals surface area contributed by atoms with E-state index in [1.807, 2.05) is 12.1 Å². The Labute approximate surface area is 187 Å². The summed E-state index contributed by atoms with van der Waals surface area (Å²) >= 11 is 0. The molecule has 4 rings (SSSR count). The number of hydrogen-bond donors (Lipinski definition) is 7. The second-order valence-electron chi connectivity index (χ2n) is 8.97. The zero-order valence-electron chi connectivity index (χ0n) is 18.5. The van der Waals surface area contributed by atoms with Crippen LogP contribution in [0.3, 0.4) is 0 Å². The molecule has 2 unspecified atom stereocenters. The average molecular weight is 455 g/mol. The Morgan fingerprint density at radius 1 is 1.09 bits per heavy atom. The summed E-state index contributed by atoms with van der Waals surface area (Å²) < 4.78 is 17.9. The van der Waals surface area contributed by atoms with E-state index < -0.39 is 60.3 Å². The summed E-state index contributed by atoms with van der Waals surface area (Å²) in [6.45, 7) is 2.20. The highest BCUT2D eigenvalue weighted by atomic mass is 16.8. The van der Waals surface area contributed by atoms with Gasteiger partial charge in [-0.15, -0.1) is 0 Å². The summed E-state index contributed by atoms with van der Waals surface area (Å²) in [5.74, 6) is -2.22. The molecule has 10 atom stereocenters. The van der Waals surface area contributed by atoms with Crippen molar-refractivity contribution in [3.63, 3.8) is 0 Å². The van der Waals surface area contributed by atoms with Crippen LogP contribution in [0.5, 0.6) is 0 Å². The van der Waals surface area contributed by atoms with Crippen LogP contribution < -0.4 is 16.0 Å². The van der Waals surface area contributed by atoms with E-state index in [4.69, 9.17) is 14.2 Å². The van der Waals surface area contributed by atoms with Gasteiger partial charge in [0.2, 0.25) is 12.1 Å². The van der Waals surface area contributed by atoms with Crippen LogP contribution in [0.15, 0.2) is 24.5 Å². The highest BCUT2D eigenvalue weighted by molar-refractivity contribution is 5.13. The Balaban J connectivity index is 1.57. The first-order valence-corrected chi connectivity index (χ1v) is 11.0. The fourth-order valence-corrected chi connectivity index (χ4v) is 5.14. The zero-order chi connectivity index (χ0) is 23.1.